The Morgan fingerprint density at radius 2 is 2.10 bits per heavy atom. The van der Waals surface area contributed by atoms with E-state index < -0.39 is 12.5 Å². The quantitative estimate of drug-likeness (QED) is 0.515. The van der Waals surface area contributed by atoms with Crippen molar-refractivity contribution in [3.63, 3.8) is 0 Å². The van der Waals surface area contributed by atoms with Crippen LogP contribution in [0, 0.1) is 29.1 Å². The lowest BCUT2D eigenvalue weighted by atomic mass is 9.59. The van der Waals surface area contributed by atoms with Crippen LogP contribution < -0.4 is 5.32 Å². The van der Waals surface area contributed by atoms with Crippen molar-refractivity contribution in [1.82, 2.24) is 10.2 Å². The van der Waals surface area contributed by atoms with Crippen molar-refractivity contribution in [3.8, 4) is 0 Å². The van der Waals surface area contributed by atoms with E-state index in [1.165, 1.54) is 12.8 Å². The summed E-state index contributed by atoms with van der Waals surface area (Å²) in [5.74, 6) is 1.66. The molecule has 170 valence electrons. The smallest absolute Gasteiger partial charge is 0.183 e. The van der Waals surface area contributed by atoms with Crippen molar-refractivity contribution in [2.45, 2.75) is 84.5 Å². The molecule has 2 saturated heterocycles. The number of nitrogens with zero attached hydrogens (tertiary/aromatic N) is 1. The van der Waals surface area contributed by atoms with Gasteiger partial charge in [-0.05, 0) is 62.7 Å². The third-order valence-electron chi connectivity index (χ3n) is 8.40. The van der Waals surface area contributed by atoms with Crippen LogP contribution in [0.3, 0.4) is 0 Å². The van der Waals surface area contributed by atoms with Gasteiger partial charge in [0.2, 0.25) is 0 Å². The number of ether oxygens (including phenoxy) is 1. The SMILES string of the molecule is CCOC(O)C1NCC2CCC(C)(C3=CCCC(C)C3C3C=CC(F)C(C)C3)CN21. The standard InChI is InChI=1S/C25H41FN2O2/c1-5-30-24(29)23-27-14-19-11-12-25(4,15-28(19)23)20-8-6-7-16(2)22(20)18-9-10-21(26)17(3)13-18/h8-10,16-19,21-24,27,29H,5-7,11-15H2,1-4H3. The van der Waals surface area contributed by atoms with E-state index in [1.807, 2.05) is 13.0 Å². The molecule has 9 unspecified atom stereocenters. The summed E-state index contributed by atoms with van der Waals surface area (Å²) in [6.07, 6.45) is 10.4. The summed E-state index contributed by atoms with van der Waals surface area (Å²) in [5.41, 5.74) is 1.69. The molecule has 0 spiro atoms. The monoisotopic (exact) mass is 420 g/mol. The number of nitrogens with one attached hydrogen (secondary N) is 1. The molecule has 0 amide bonds. The van der Waals surface area contributed by atoms with Gasteiger partial charge in [-0.2, -0.15) is 0 Å². The average molecular weight is 421 g/mol. The first-order valence-corrected chi connectivity index (χ1v) is 12.2. The molecule has 0 aromatic rings. The van der Waals surface area contributed by atoms with Crippen molar-refractivity contribution in [3.05, 3.63) is 23.8 Å². The van der Waals surface area contributed by atoms with Crippen LogP contribution in [0.1, 0.15) is 59.8 Å². The van der Waals surface area contributed by atoms with Gasteiger partial charge < -0.3 is 9.84 Å². The number of hydrogen-bond acceptors (Lipinski definition) is 4. The Morgan fingerprint density at radius 3 is 2.83 bits per heavy atom. The lowest BCUT2D eigenvalue weighted by molar-refractivity contribution is -0.148. The Hall–Kier alpha value is -0.750. The van der Waals surface area contributed by atoms with Crippen LogP contribution in [-0.2, 0) is 4.74 Å². The largest absolute Gasteiger partial charge is 0.366 e. The molecule has 5 heteroatoms. The zero-order valence-electron chi connectivity index (χ0n) is 19.2. The van der Waals surface area contributed by atoms with Crippen molar-refractivity contribution in [2.24, 2.45) is 29.1 Å². The predicted octanol–water partition coefficient (Wildman–Crippen LogP) is 4.26. The van der Waals surface area contributed by atoms with E-state index in [0.29, 0.717) is 30.4 Å². The van der Waals surface area contributed by atoms with E-state index in [4.69, 9.17) is 4.74 Å². The fraction of sp³-hybridized carbons (Fsp3) is 0.840. The minimum atomic E-state index is -0.796. The number of hydrogen-bond donors (Lipinski definition) is 2. The molecule has 4 aliphatic rings. The minimum absolute atomic E-state index is 0.0929. The number of halogens is 1. The first-order valence-electron chi connectivity index (χ1n) is 12.2. The Bertz CT molecular complexity index is 668. The molecule has 0 bridgehead atoms. The molecule has 4 rings (SSSR count). The molecule has 9 atom stereocenters. The zero-order chi connectivity index (χ0) is 21.5. The number of aliphatic hydroxyl groups excluding tert-OH is 1. The van der Waals surface area contributed by atoms with Gasteiger partial charge in [-0.15, -0.1) is 0 Å². The summed E-state index contributed by atoms with van der Waals surface area (Å²) in [6, 6.07) is 0.472. The van der Waals surface area contributed by atoms with Gasteiger partial charge in [0.15, 0.2) is 6.29 Å². The molecule has 2 aliphatic carbocycles. The van der Waals surface area contributed by atoms with Gasteiger partial charge in [-0.3, -0.25) is 10.2 Å². The van der Waals surface area contributed by atoms with Gasteiger partial charge in [0.05, 0.1) is 0 Å². The van der Waals surface area contributed by atoms with Crippen molar-refractivity contribution < 1.29 is 14.2 Å². The molecule has 2 N–H and O–H groups in total. The van der Waals surface area contributed by atoms with E-state index in [1.54, 1.807) is 5.57 Å². The molecule has 0 saturated carbocycles. The van der Waals surface area contributed by atoms with Crippen molar-refractivity contribution in [1.29, 1.82) is 0 Å². The summed E-state index contributed by atoms with van der Waals surface area (Å²) < 4.78 is 19.7. The fourth-order valence-corrected chi connectivity index (χ4v) is 6.71. The normalized spacial score (nSPS) is 45.8. The molecule has 2 heterocycles. The summed E-state index contributed by atoms with van der Waals surface area (Å²) in [6.45, 7) is 11.2. The third kappa shape index (κ3) is 4.15. The van der Waals surface area contributed by atoms with Crippen LogP contribution in [0.15, 0.2) is 23.8 Å². The summed E-state index contributed by atoms with van der Waals surface area (Å²) in [7, 11) is 0. The van der Waals surface area contributed by atoms with Crippen molar-refractivity contribution in [2.75, 3.05) is 19.7 Å². The van der Waals surface area contributed by atoms with Crippen LogP contribution in [-0.4, -0.2) is 54.4 Å². The number of rotatable bonds is 5. The first-order chi connectivity index (χ1) is 14.3. The van der Waals surface area contributed by atoms with Crippen molar-refractivity contribution >= 4 is 0 Å². The predicted molar refractivity (Wildman–Crippen MR) is 119 cm³/mol. The lowest BCUT2D eigenvalue weighted by Gasteiger charge is -2.51. The van der Waals surface area contributed by atoms with E-state index >= 15 is 0 Å². The minimum Gasteiger partial charge on any atom is -0.366 e. The summed E-state index contributed by atoms with van der Waals surface area (Å²) >= 11 is 0. The molecular formula is C25H41FN2O2. The lowest BCUT2D eigenvalue weighted by Crippen LogP contribution is -2.55. The number of alkyl halides is 1. The third-order valence-corrected chi connectivity index (χ3v) is 8.40. The number of aliphatic hydroxyl groups is 1. The highest BCUT2D eigenvalue weighted by molar-refractivity contribution is 5.26. The topological polar surface area (TPSA) is 44.7 Å². The van der Waals surface area contributed by atoms with Crippen LogP contribution in [0.5, 0.6) is 0 Å². The second kappa shape index (κ2) is 9.01. The fourth-order valence-electron chi connectivity index (χ4n) is 6.71. The van der Waals surface area contributed by atoms with E-state index in [9.17, 15) is 9.50 Å². The molecule has 0 radical (unpaired) electrons. The van der Waals surface area contributed by atoms with Gasteiger partial charge in [0.1, 0.15) is 12.3 Å². The van der Waals surface area contributed by atoms with Crippen LogP contribution in [0.4, 0.5) is 4.39 Å². The number of fused-ring (bicyclic) bond motifs is 1. The molecule has 4 nitrogen and oxygen atoms in total. The van der Waals surface area contributed by atoms with Gasteiger partial charge in [-0.1, -0.05) is 44.6 Å². The molecule has 2 aliphatic heterocycles. The molecule has 2 fully saturated rings. The maximum atomic E-state index is 14.1. The number of piperidine rings is 1. The maximum Gasteiger partial charge on any atom is 0.183 e. The second-order valence-corrected chi connectivity index (χ2v) is 10.6. The highest BCUT2D eigenvalue weighted by atomic mass is 19.1. The van der Waals surface area contributed by atoms with Gasteiger partial charge in [-0.25, -0.2) is 4.39 Å². The maximum absolute atomic E-state index is 14.1. The molecule has 30 heavy (non-hydrogen) atoms. The van der Waals surface area contributed by atoms with Crippen LogP contribution in [0.25, 0.3) is 0 Å². The molecule has 0 aromatic heterocycles. The first kappa shape index (κ1) is 22.4. The Balaban J connectivity index is 1.57. The van der Waals surface area contributed by atoms with E-state index in [0.717, 1.165) is 32.4 Å². The van der Waals surface area contributed by atoms with Gasteiger partial charge in [0.25, 0.3) is 0 Å². The molecular weight excluding hydrogens is 379 g/mol. The average Bonchev–Trinajstić information content (AvgIpc) is 3.13. The second-order valence-electron chi connectivity index (χ2n) is 10.6. The Morgan fingerprint density at radius 1 is 1.30 bits per heavy atom. The molecule has 0 aromatic carbocycles. The van der Waals surface area contributed by atoms with Gasteiger partial charge in [0, 0.05) is 31.2 Å². The zero-order valence-corrected chi connectivity index (χ0v) is 19.2. The Labute approximate surface area is 181 Å². The van der Waals surface area contributed by atoms with Crippen LogP contribution in [0.2, 0.25) is 0 Å². The summed E-state index contributed by atoms with van der Waals surface area (Å²) in [5, 5.41) is 14.0. The highest BCUT2D eigenvalue weighted by Gasteiger charge is 2.49. The van der Waals surface area contributed by atoms with Gasteiger partial charge >= 0.3 is 0 Å². The summed E-state index contributed by atoms with van der Waals surface area (Å²) in [4.78, 5) is 2.46. The number of allylic oxidation sites excluding steroid dienone is 3. The van der Waals surface area contributed by atoms with E-state index in [2.05, 4.69) is 43.1 Å². The Kier molecular flexibility index (Phi) is 6.74. The highest BCUT2D eigenvalue weighted by Crippen LogP contribution is 2.51. The van der Waals surface area contributed by atoms with E-state index in [-0.39, 0.29) is 17.5 Å². The van der Waals surface area contributed by atoms with Crippen LogP contribution >= 0.6 is 0 Å².